The molecular weight excluding hydrogens is 444 g/mol. The van der Waals surface area contributed by atoms with Crippen molar-refractivity contribution in [1.82, 2.24) is 14.5 Å². The van der Waals surface area contributed by atoms with Crippen molar-refractivity contribution in [3.63, 3.8) is 0 Å². The average Bonchev–Trinajstić information content (AvgIpc) is 3.50. The zero-order valence-corrected chi connectivity index (χ0v) is 18.6. The Labute approximate surface area is 182 Å². The molecule has 1 atom stereocenters. The first kappa shape index (κ1) is 21.0. The van der Waals surface area contributed by atoms with Crippen LogP contribution in [-0.4, -0.2) is 47.7 Å². The number of anilines is 1. The molecule has 4 rings (SSSR count). The van der Waals surface area contributed by atoms with Crippen molar-refractivity contribution < 1.29 is 17.6 Å². The standard InChI is InChI=1S/C19H20N4O4S3/c1-28-14-8-6-13(7-9-14)12-16-21-22-19(27-16)20-18(24)15-4-2-10-23(15)30(25,26)17-5-3-11-29-17/h3,5-9,11,15H,2,4,10,12H2,1H3,(H,20,22,24). The van der Waals surface area contributed by atoms with Gasteiger partial charge in [0.1, 0.15) is 10.3 Å². The normalized spacial score (nSPS) is 17.3. The lowest BCUT2D eigenvalue weighted by molar-refractivity contribution is -0.119. The van der Waals surface area contributed by atoms with E-state index in [-0.39, 0.29) is 10.2 Å². The number of thioether (sulfide) groups is 1. The molecule has 1 aliphatic heterocycles. The highest BCUT2D eigenvalue weighted by molar-refractivity contribution is 7.98. The SMILES string of the molecule is CSc1ccc(Cc2nnc(NC(=O)C3CCCN3S(=O)(=O)c3cccs3)o2)cc1. The highest BCUT2D eigenvalue weighted by atomic mass is 32.2. The van der Waals surface area contributed by atoms with Gasteiger partial charge in [-0.2, -0.15) is 4.31 Å². The molecule has 8 nitrogen and oxygen atoms in total. The summed E-state index contributed by atoms with van der Waals surface area (Å²) in [5.74, 6) is -0.0937. The van der Waals surface area contributed by atoms with Gasteiger partial charge in [-0.25, -0.2) is 8.42 Å². The van der Waals surface area contributed by atoms with Crippen molar-refractivity contribution in [1.29, 1.82) is 0 Å². The van der Waals surface area contributed by atoms with Crippen molar-refractivity contribution in [2.45, 2.75) is 34.4 Å². The molecule has 3 heterocycles. The van der Waals surface area contributed by atoms with E-state index in [1.165, 1.54) is 4.31 Å². The smallest absolute Gasteiger partial charge is 0.322 e. The molecular formula is C19H20N4O4S3. The fourth-order valence-electron chi connectivity index (χ4n) is 3.30. The van der Waals surface area contributed by atoms with E-state index in [9.17, 15) is 13.2 Å². The molecule has 1 aliphatic rings. The van der Waals surface area contributed by atoms with Crippen LogP contribution in [0.5, 0.6) is 0 Å². The zero-order chi connectivity index (χ0) is 21.1. The van der Waals surface area contributed by atoms with Gasteiger partial charge in [-0.3, -0.25) is 10.1 Å². The number of aromatic nitrogens is 2. The minimum absolute atomic E-state index is 0.0314. The predicted octanol–water partition coefficient (Wildman–Crippen LogP) is 3.24. The third-order valence-electron chi connectivity index (χ3n) is 4.78. The van der Waals surface area contributed by atoms with E-state index in [4.69, 9.17) is 4.42 Å². The number of nitrogens with one attached hydrogen (secondary N) is 1. The van der Waals surface area contributed by atoms with Crippen molar-refractivity contribution in [2.75, 3.05) is 18.1 Å². The third-order valence-corrected chi connectivity index (χ3v) is 8.80. The van der Waals surface area contributed by atoms with Crippen LogP contribution in [0.1, 0.15) is 24.3 Å². The monoisotopic (exact) mass is 464 g/mol. The van der Waals surface area contributed by atoms with Crippen molar-refractivity contribution >= 4 is 45.0 Å². The summed E-state index contributed by atoms with van der Waals surface area (Å²) in [6.07, 6.45) is 3.52. The van der Waals surface area contributed by atoms with Gasteiger partial charge in [-0.1, -0.05) is 23.3 Å². The van der Waals surface area contributed by atoms with E-state index in [1.807, 2.05) is 30.5 Å². The van der Waals surface area contributed by atoms with Crippen molar-refractivity contribution in [3.8, 4) is 0 Å². The van der Waals surface area contributed by atoms with Crippen LogP contribution in [0.3, 0.4) is 0 Å². The van der Waals surface area contributed by atoms with Gasteiger partial charge in [0.15, 0.2) is 0 Å². The van der Waals surface area contributed by atoms with Gasteiger partial charge in [0.2, 0.25) is 11.8 Å². The molecule has 2 aromatic heterocycles. The van der Waals surface area contributed by atoms with Crippen LogP contribution in [0.2, 0.25) is 0 Å². The van der Waals surface area contributed by atoms with Crippen LogP contribution < -0.4 is 5.32 Å². The molecule has 0 radical (unpaired) electrons. The summed E-state index contributed by atoms with van der Waals surface area (Å²) >= 11 is 2.80. The first-order valence-electron chi connectivity index (χ1n) is 9.29. The molecule has 0 aliphatic carbocycles. The van der Waals surface area contributed by atoms with Crippen molar-refractivity contribution in [3.05, 3.63) is 53.2 Å². The highest BCUT2D eigenvalue weighted by Gasteiger charge is 2.40. The van der Waals surface area contributed by atoms with E-state index in [0.717, 1.165) is 21.8 Å². The topological polar surface area (TPSA) is 105 Å². The fourth-order valence-corrected chi connectivity index (χ4v) is 6.48. The molecule has 1 aromatic carbocycles. The summed E-state index contributed by atoms with van der Waals surface area (Å²) in [5.41, 5.74) is 1.01. The van der Waals surface area contributed by atoms with Crippen LogP contribution >= 0.6 is 23.1 Å². The maximum Gasteiger partial charge on any atom is 0.322 e. The summed E-state index contributed by atoms with van der Waals surface area (Å²) in [7, 11) is -3.70. The number of hydrogen-bond donors (Lipinski definition) is 1. The zero-order valence-electron chi connectivity index (χ0n) is 16.1. The first-order valence-corrected chi connectivity index (χ1v) is 12.8. The molecule has 0 spiro atoms. The molecule has 1 saturated heterocycles. The number of carbonyl (C=O) groups is 1. The Morgan fingerprint density at radius 1 is 1.30 bits per heavy atom. The number of sulfonamides is 1. The maximum atomic E-state index is 12.8. The third kappa shape index (κ3) is 4.43. The molecule has 158 valence electrons. The number of rotatable bonds is 7. The Morgan fingerprint density at radius 3 is 2.80 bits per heavy atom. The Balaban J connectivity index is 1.42. The van der Waals surface area contributed by atoms with Crippen LogP contribution in [-0.2, 0) is 21.2 Å². The molecule has 1 N–H and O–H groups in total. The van der Waals surface area contributed by atoms with Gasteiger partial charge in [0.25, 0.3) is 10.0 Å². The minimum Gasteiger partial charge on any atom is -0.407 e. The summed E-state index contributed by atoms with van der Waals surface area (Å²) in [5, 5.41) is 12.1. The molecule has 3 aromatic rings. The molecule has 30 heavy (non-hydrogen) atoms. The number of benzene rings is 1. The number of thiophene rings is 1. The fraction of sp³-hybridized carbons (Fsp3) is 0.316. The van der Waals surface area contributed by atoms with Gasteiger partial charge in [0.05, 0.1) is 6.42 Å². The number of nitrogens with zero attached hydrogens (tertiary/aromatic N) is 3. The van der Waals surface area contributed by atoms with Crippen molar-refractivity contribution in [2.24, 2.45) is 0 Å². The van der Waals surface area contributed by atoms with Crippen LogP contribution in [0, 0.1) is 0 Å². The molecule has 11 heteroatoms. The number of hydrogen-bond acceptors (Lipinski definition) is 8. The van der Waals surface area contributed by atoms with Crippen LogP contribution in [0.15, 0.2) is 55.3 Å². The lowest BCUT2D eigenvalue weighted by atomic mass is 10.1. The molecule has 1 fully saturated rings. The summed E-state index contributed by atoms with van der Waals surface area (Å²) in [4.78, 5) is 13.9. The van der Waals surface area contributed by atoms with Gasteiger partial charge in [-0.15, -0.1) is 28.2 Å². The van der Waals surface area contributed by atoms with Gasteiger partial charge < -0.3 is 4.42 Å². The van der Waals surface area contributed by atoms with Crippen LogP contribution in [0.25, 0.3) is 0 Å². The van der Waals surface area contributed by atoms with Crippen LogP contribution in [0.4, 0.5) is 6.01 Å². The largest absolute Gasteiger partial charge is 0.407 e. The molecule has 1 unspecified atom stereocenters. The Hall–Kier alpha value is -2.21. The van der Waals surface area contributed by atoms with Gasteiger partial charge in [-0.05, 0) is 48.2 Å². The van der Waals surface area contributed by atoms with Gasteiger partial charge in [0, 0.05) is 11.4 Å². The Morgan fingerprint density at radius 2 is 2.10 bits per heavy atom. The number of carbonyl (C=O) groups excluding carboxylic acids is 1. The van der Waals surface area contributed by atoms with E-state index in [0.29, 0.717) is 31.7 Å². The second-order valence-electron chi connectivity index (χ2n) is 6.72. The Kier molecular flexibility index (Phi) is 6.23. The first-order chi connectivity index (χ1) is 14.5. The van der Waals surface area contributed by atoms with E-state index < -0.39 is 22.0 Å². The van der Waals surface area contributed by atoms with E-state index in [2.05, 4.69) is 15.5 Å². The lowest BCUT2D eigenvalue weighted by Crippen LogP contribution is -2.42. The highest BCUT2D eigenvalue weighted by Crippen LogP contribution is 2.29. The minimum atomic E-state index is -3.70. The Bertz CT molecular complexity index is 1110. The summed E-state index contributed by atoms with van der Waals surface area (Å²) in [6, 6.07) is 10.4. The summed E-state index contributed by atoms with van der Waals surface area (Å²) < 4.78 is 32.7. The van der Waals surface area contributed by atoms with E-state index >= 15 is 0 Å². The lowest BCUT2D eigenvalue weighted by Gasteiger charge is -2.21. The predicted molar refractivity (Wildman–Crippen MR) is 115 cm³/mol. The van der Waals surface area contributed by atoms with Gasteiger partial charge >= 0.3 is 6.01 Å². The second-order valence-corrected chi connectivity index (χ2v) is 10.7. The molecule has 1 amide bonds. The quantitative estimate of drug-likeness (QED) is 0.535. The molecule has 0 saturated carbocycles. The maximum absolute atomic E-state index is 12.8. The number of amides is 1. The second kappa shape index (κ2) is 8.88. The average molecular weight is 465 g/mol. The summed E-state index contributed by atoms with van der Waals surface area (Å²) in [6.45, 7) is 0.305. The molecule has 0 bridgehead atoms. The van der Waals surface area contributed by atoms with E-state index in [1.54, 1.807) is 29.3 Å².